The van der Waals surface area contributed by atoms with Gasteiger partial charge in [0.15, 0.2) is 17.8 Å². The monoisotopic (exact) mass is 452 g/mol. The number of hydrogen-bond acceptors (Lipinski definition) is 5. The Morgan fingerprint density at radius 2 is 1.56 bits per heavy atom. The minimum atomic E-state index is -0.0470. The SMILES string of the molecule is COc1cc(/C=C/c2cc(/C=C/c3ccc(O)c(C=O)c3)nn2-c2ccccc2C)ccc1O. The summed E-state index contributed by atoms with van der Waals surface area (Å²) >= 11 is 0. The van der Waals surface area contributed by atoms with E-state index in [2.05, 4.69) is 0 Å². The van der Waals surface area contributed by atoms with E-state index in [1.165, 1.54) is 13.2 Å². The van der Waals surface area contributed by atoms with Gasteiger partial charge in [-0.25, -0.2) is 4.68 Å². The summed E-state index contributed by atoms with van der Waals surface area (Å²) in [5.41, 5.74) is 5.51. The van der Waals surface area contributed by atoms with E-state index < -0.39 is 0 Å². The molecule has 4 aromatic rings. The number of nitrogens with zero attached hydrogens (tertiary/aromatic N) is 2. The first-order chi connectivity index (χ1) is 16.5. The summed E-state index contributed by atoms with van der Waals surface area (Å²) in [6.45, 7) is 2.03. The number of aromatic hydroxyl groups is 2. The molecular formula is C28H24N2O4. The lowest BCUT2D eigenvalue weighted by Gasteiger charge is -2.08. The van der Waals surface area contributed by atoms with Gasteiger partial charge in [-0.1, -0.05) is 42.5 Å². The minimum absolute atomic E-state index is 0.0470. The van der Waals surface area contributed by atoms with Gasteiger partial charge in [-0.05, 0) is 72.2 Å². The second kappa shape index (κ2) is 9.92. The Morgan fingerprint density at radius 1 is 0.853 bits per heavy atom. The van der Waals surface area contributed by atoms with Gasteiger partial charge in [0.05, 0.1) is 29.7 Å². The Labute approximate surface area is 197 Å². The Morgan fingerprint density at radius 3 is 2.29 bits per heavy atom. The van der Waals surface area contributed by atoms with E-state index in [1.54, 1.807) is 30.3 Å². The zero-order valence-corrected chi connectivity index (χ0v) is 18.8. The molecule has 4 rings (SSSR count). The molecule has 0 spiro atoms. The molecule has 1 heterocycles. The highest BCUT2D eigenvalue weighted by Crippen LogP contribution is 2.27. The molecule has 170 valence electrons. The van der Waals surface area contributed by atoms with Gasteiger partial charge < -0.3 is 14.9 Å². The smallest absolute Gasteiger partial charge is 0.161 e. The number of aromatic nitrogens is 2. The Hall–Kier alpha value is -4.58. The van der Waals surface area contributed by atoms with Crippen LogP contribution in [0.5, 0.6) is 17.2 Å². The Kier molecular flexibility index (Phi) is 6.59. The third kappa shape index (κ3) is 4.91. The molecule has 0 fully saturated rings. The third-order valence-electron chi connectivity index (χ3n) is 5.37. The molecule has 6 heteroatoms. The summed E-state index contributed by atoms with van der Waals surface area (Å²) in [6, 6.07) is 20.0. The highest BCUT2D eigenvalue weighted by molar-refractivity contribution is 5.82. The number of phenols is 2. The molecule has 2 N–H and O–H groups in total. The molecule has 6 nitrogen and oxygen atoms in total. The van der Waals surface area contributed by atoms with E-state index in [1.807, 2.05) is 66.2 Å². The molecule has 0 atom stereocenters. The number of para-hydroxylation sites is 1. The predicted molar refractivity (Wildman–Crippen MR) is 134 cm³/mol. The molecule has 34 heavy (non-hydrogen) atoms. The van der Waals surface area contributed by atoms with Crippen LogP contribution in [-0.2, 0) is 0 Å². The first-order valence-electron chi connectivity index (χ1n) is 10.7. The summed E-state index contributed by atoms with van der Waals surface area (Å²) in [7, 11) is 1.51. The first-order valence-corrected chi connectivity index (χ1v) is 10.7. The molecule has 1 aromatic heterocycles. The number of aryl methyl sites for hydroxylation is 1. The fourth-order valence-corrected chi connectivity index (χ4v) is 3.54. The Balaban J connectivity index is 1.72. The highest BCUT2D eigenvalue weighted by atomic mass is 16.5. The molecule has 0 aliphatic heterocycles. The van der Waals surface area contributed by atoms with Crippen LogP contribution in [0, 0.1) is 6.92 Å². The fourth-order valence-electron chi connectivity index (χ4n) is 3.54. The van der Waals surface area contributed by atoms with Crippen LogP contribution in [0.25, 0.3) is 30.0 Å². The number of phenolic OH excluding ortho intramolecular Hbond substituents is 2. The standard InChI is InChI=1S/C28H24N2O4/c1-19-5-3-4-6-25(19)30-24(12-8-21-10-14-27(33)28(16-21)34-2)17-23(29-30)11-7-20-9-13-26(32)22(15-20)18-31/h3-18,32-33H,1-2H3/b11-7+,12-8+. The average molecular weight is 453 g/mol. The maximum Gasteiger partial charge on any atom is 0.161 e. The van der Waals surface area contributed by atoms with Crippen LogP contribution < -0.4 is 4.74 Å². The van der Waals surface area contributed by atoms with Gasteiger partial charge >= 0.3 is 0 Å². The highest BCUT2D eigenvalue weighted by Gasteiger charge is 2.09. The normalized spacial score (nSPS) is 11.4. The van der Waals surface area contributed by atoms with Gasteiger partial charge in [0.25, 0.3) is 0 Å². The van der Waals surface area contributed by atoms with Crippen molar-refractivity contribution in [3.8, 4) is 22.9 Å². The van der Waals surface area contributed by atoms with Crippen LogP contribution >= 0.6 is 0 Å². The van der Waals surface area contributed by atoms with Crippen LogP contribution in [0.3, 0.4) is 0 Å². The number of methoxy groups -OCH3 is 1. The second-order valence-electron chi connectivity index (χ2n) is 7.73. The van der Waals surface area contributed by atoms with E-state index in [-0.39, 0.29) is 17.1 Å². The number of rotatable bonds is 7. The summed E-state index contributed by atoms with van der Waals surface area (Å²) < 4.78 is 7.07. The maximum absolute atomic E-state index is 11.1. The Bertz CT molecular complexity index is 1400. The van der Waals surface area contributed by atoms with Crippen molar-refractivity contribution in [1.82, 2.24) is 9.78 Å². The van der Waals surface area contributed by atoms with Crippen molar-refractivity contribution in [2.24, 2.45) is 0 Å². The van der Waals surface area contributed by atoms with Gasteiger partial charge in [0.2, 0.25) is 0 Å². The molecule has 0 radical (unpaired) electrons. The number of benzene rings is 3. The van der Waals surface area contributed by atoms with Crippen molar-refractivity contribution in [2.75, 3.05) is 7.11 Å². The number of hydrogen-bond donors (Lipinski definition) is 2. The van der Waals surface area contributed by atoms with Crippen LogP contribution in [0.2, 0.25) is 0 Å². The predicted octanol–water partition coefficient (Wildman–Crippen LogP) is 5.75. The van der Waals surface area contributed by atoms with E-state index in [9.17, 15) is 15.0 Å². The summed E-state index contributed by atoms with van der Waals surface area (Å²) in [4.78, 5) is 11.1. The maximum atomic E-state index is 11.1. The number of carbonyl (C=O) groups excluding carboxylic acids is 1. The van der Waals surface area contributed by atoms with Crippen molar-refractivity contribution in [2.45, 2.75) is 6.92 Å². The lowest BCUT2D eigenvalue weighted by molar-refractivity contribution is 0.112. The van der Waals surface area contributed by atoms with E-state index in [4.69, 9.17) is 9.84 Å². The summed E-state index contributed by atoms with van der Waals surface area (Å²) in [5.74, 6) is 0.444. The third-order valence-corrected chi connectivity index (χ3v) is 5.37. The average Bonchev–Trinajstić information content (AvgIpc) is 3.26. The molecule has 0 saturated heterocycles. The van der Waals surface area contributed by atoms with Crippen molar-refractivity contribution in [3.05, 3.63) is 100 Å². The van der Waals surface area contributed by atoms with E-state index >= 15 is 0 Å². The molecule has 0 amide bonds. The zero-order valence-electron chi connectivity index (χ0n) is 18.8. The lowest BCUT2D eigenvalue weighted by atomic mass is 10.1. The second-order valence-corrected chi connectivity index (χ2v) is 7.73. The van der Waals surface area contributed by atoms with Crippen LogP contribution in [0.15, 0.2) is 66.7 Å². The molecule has 0 aliphatic rings. The van der Waals surface area contributed by atoms with Gasteiger partial charge in [-0.15, -0.1) is 0 Å². The van der Waals surface area contributed by atoms with Gasteiger partial charge in [0.1, 0.15) is 5.75 Å². The van der Waals surface area contributed by atoms with Crippen LogP contribution in [0.4, 0.5) is 0 Å². The largest absolute Gasteiger partial charge is 0.507 e. The molecule has 0 aliphatic carbocycles. The van der Waals surface area contributed by atoms with Crippen molar-refractivity contribution in [3.63, 3.8) is 0 Å². The first kappa shape index (κ1) is 22.6. The number of ether oxygens (including phenoxy) is 1. The van der Waals surface area contributed by atoms with Crippen LogP contribution in [-0.4, -0.2) is 33.4 Å². The van der Waals surface area contributed by atoms with Crippen molar-refractivity contribution < 1.29 is 19.7 Å². The molecule has 3 aromatic carbocycles. The number of carbonyl (C=O) groups is 1. The van der Waals surface area contributed by atoms with Crippen molar-refractivity contribution in [1.29, 1.82) is 0 Å². The quantitative estimate of drug-likeness (QED) is 0.349. The van der Waals surface area contributed by atoms with E-state index in [0.29, 0.717) is 12.0 Å². The molecule has 0 unspecified atom stereocenters. The summed E-state index contributed by atoms with van der Waals surface area (Å²) in [5, 5.41) is 24.3. The topological polar surface area (TPSA) is 84.6 Å². The van der Waals surface area contributed by atoms with Gasteiger partial charge in [-0.2, -0.15) is 5.10 Å². The van der Waals surface area contributed by atoms with Gasteiger partial charge in [0, 0.05) is 0 Å². The molecular weight excluding hydrogens is 428 g/mol. The van der Waals surface area contributed by atoms with Gasteiger partial charge in [-0.3, -0.25) is 4.79 Å². The minimum Gasteiger partial charge on any atom is -0.507 e. The van der Waals surface area contributed by atoms with Crippen molar-refractivity contribution >= 4 is 30.6 Å². The molecule has 0 bridgehead atoms. The zero-order chi connectivity index (χ0) is 24.1. The lowest BCUT2D eigenvalue weighted by Crippen LogP contribution is -2.01. The summed E-state index contributed by atoms with van der Waals surface area (Å²) in [6.07, 6.45) is 8.21. The number of aldehydes is 1. The van der Waals surface area contributed by atoms with Crippen LogP contribution in [0.1, 0.15) is 38.4 Å². The molecule has 0 saturated carbocycles. The van der Waals surface area contributed by atoms with E-state index in [0.717, 1.165) is 33.8 Å². The fraction of sp³-hybridized carbons (Fsp3) is 0.0714.